The average molecular weight is 336 g/mol. The monoisotopic (exact) mass is 336 g/mol. The van der Waals surface area contributed by atoms with Crippen molar-refractivity contribution in [1.82, 2.24) is 4.72 Å². The fraction of sp³-hybridized carbons (Fsp3) is 0.400. The summed E-state index contributed by atoms with van der Waals surface area (Å²) in [6.07, 6.45) is 0. The maximum Gasteiger partial charge on any atom is 0.313 e. The second-order valence-corrected chi connectivity index (χ2v) is 7.48. The van der Waals surface area contributed by atoms with Crippen LogP contribution in [0.2, 0.25) is 0 Å². The van der Waals surface area contributed by atoms with Crippen LogP contribution < -0.4 is 16.0 Å². The first-order chi connectivity index (χ1) is 9.83. The maximum absolute atomic E-state index is 12.1. The molecule has 0 aliphatic carbocycles. The van der Waals surface area contributed by atoms with Crippen LogP contribution in [0.1, 0.15) is 6.92 Å². The number of nitro benzene ring substituents is 1. The first kappa shape index (κ1) is 17.5. The SMILES string of the molecule is CCS(=O)CCNS(=O)(=O)c1cccc(NN)c1[N+](=O)[O-]. The maximum atomic E-state index is 12.1. The van der Waals surface area contributed by atoms with Crippen molar-refractivity contribution in [2.24, 2.45) is 5.84 Å². The molecule has 0 fully saturated rings. The standard InChI is InChI=1S/C10H16N4O5S2/c1-2-20(17)7-6-12-21(18,19)9-5-3-4-8(13-11)10(9)14(15)16/h3-5,12-13H,2,6-7,11H2,1H3. The quantitative estimate of drug-likeness (QED) is 0.342. The van der Waals surface area contributed by atoms with Gasteiger partial charge in [-0.05, 0) is 12.1 Å². The Morgan fingerprint density at radius 2 is 2.10 bits per heavy atom. The van der Waals surface area contributed by atoms with Gasteiger partial charge in [-0.3, -0.25) is 20.2 Å². The Balaban J connectivity index is 3.08. The Kier molecular flexibility index (Phi) is 6.20. The summed E-state index contributed by atoms with van der Waals surface area (Å²) in [7, 11) is -5.23. The number of rotatable bonds is 8. The lowest BCUT2D eigenvalue weighted by Gasteiger charge is -2.09. The topological polar surface area (TPSA) is 144 Å². The number of nitro groups is 1. The third-order valence-electron chi connectivity index (χ3n) is 2.57. The first-order valence-corrected chi connectivity index (χ1v) is 8.89. The molecule has 0 radical (unpaired) electrons. The van der Waals surface area contributed by atoms with Crippen LogP contribution in [-0.4, -0.2) is 35.6 Å². The van der Waals surface area contributed by atoms with Crippen molar-refractivity contribution in [3.05, 3.63) is 28.3 Å². The molecule has 1 unspecified atom stereocenters. The molecular weight excluding hydrogens is 320 g/mol. The van der Waals surface area contributed by atoms with Crippen molar-refractivity contribution in [3.63, 3.8) is 0 Å². The van der Waals surface area contributed by atoms with Crippen LogP contribution in [-0.2, 0) is 20.8 Å². The molecule has 1 aromatic carbocycles. The van der Waals surface area contributed by atoms with Crippen LogP contribution in [0.25, 0.3) is 0 Å². The van der Waals surface area contributed by atoms with Gasteiger partial charge in [-0.2, -0.15) is 0 Å². The number of nitrogens with two attached hydrogens (primary N) is 1. The van der Waals surface area contributed by atoms with Gasteiger partial charge in [0.05, 0.1) is 4.92 Å². The average Bonchev–Trinajstić information content (AvgIpc) is 2.45. The minimum atomic E-state index is -4.09. The third kappa shape index (κ3) is 4.46. The predicted octanol–water partition coefficient (Wildman–Crippen LogP) is -0.0727. The number of nitrogens with one attached hydrogen (secondary N) is 2. The molecule has 4 N–H and O–H groups in total. The Labute approximate surface area is 124 Å². The molecule has 0 saturated heterocycles. The summed E-state index contributed by atoms with van der Waals surface area (Å²) in [4.78, 5) is 9.73. The van der Waals surface area contributed by atoms with Gasteiger partial charge in [0.25, 0.3) is 0 Å². The van der Waals surface area contributed by atoms with Crippen molar-refractivity contribution in [1.29, 1.82) is 0 Å². The Morgan fingerprint density at radius 3 is 2.62 bits per heavy atom. The molecule has 0 amide bonds. The summed E-state index contributed by atoms with van der Waals surface area (Å²) in [6, 6.07) is 3.74. The van der Waals surface area contributed by atoms with Gasteiger partial charge in [-0.1, -0.05) is 13.0 Å². The van der Waals surface area contributed by atoms with Gasteiger partial charge < -0.3 is 5.43 Å². The van der Waals surface area contributed by atoms with Crippen LogP contribution in [0.4, 0.5) is 11.4 Å². The molecule has 0 aliphatic heterocycles. The highest BCUT2D eigenvalue weighted by molar-refractivity contribution is 7.89. The fourth-order valence-corrected chi connectivity index (χ4v) is 3.53. The molecule has 9 nitrogen and oxygen atoms in total. The van der Waals surface area contributed by atoms with E-state index in [1.165, 1.54) is 12.1 Å². The second-order valence-electron chi connectivity index (χ2n) is 3.88. The Hall–Kier alpha value is -1.56. The number of nitrogens with zero attached hydrogens (tertiary/aromatic N) is 1. The van der Waals surface area contributed by atoms with Crippen molar-refractivity contribution in [2.75, 3.05) is 23.5 Å². The molecule has 1 atom stereocenters. The predicted molar refractivity (Wildman–Crippen MR) is 79.6 cm³/mol. The molecule has 118 valence electrons. The zero-order chi connectivity index (χ0) is 16.0. The van der Waals surface area contributed by atoms with Crippen molar-refractivity contribution >= 4 is 32.2 Å². The lowest BCUT2D eigenvalue weighted by Crippen LogP contribution is -2.29. The van der Waals surface area contributed by atoms with E-state index >= 15 is 0 Å². The Bertz CT molecular complexity index is 647. The van der Waals surface area contributed by atoms with Gasteiger partial charge in [0, 0.05) is 28.9 Å². The van der Waals surface area contributed by atoms with Crippen LogP contribution in [0.3, 0.4) is 0 Å². The number of nitrogen functional groups attached to an aromatic ring is 1. The highest BCUT2D eigenvalue weighted by Gasteiger charge is 2.28. The van der Waals surface area contributed by atoms with Gasteiger partial charge in [-0.25, -0.2) is 13.1 Å². The molecule has 0 saturated carbocycles. The van der Waals surface area contributed by atoms with E-state index in [1.54, 1.807) is 6.92 Å². The second kappa shape index (κ2) is 7.45. The number of para-hydroxylation sites is 1. The summed E-state index contributed by atoms with van der Waals surface area (Å²) >= 11 is 0. The van der Waals surface area contributed by atoms with Crippen molar-refractivity contribution in [3.8, 4) is 0 Å². The molecule has 11 heteroatoms. The molecule has 0 aliphatic rings. The smallest absolute Gasteiger partial charge is 0.313 e. The molecule has 0 spiro atoms. The summed E-state index contributed by atoms with van der Waals surface area (Å²) in [5.41, 5.74) is 1.34. The molecular formula is C10H16N4O5S2. The number of benzene rings is 1. The van der Waals surface area contributed by atoms with E-state index in [-0.39, 0.29) is 18.0 Å². The Morgan fingerprint density at radius 1 is 1.43 bits per heavy atom. The molecule has 0 bridgehead atoms. The van der Waals surface area contributed by atoms with Crippen LogP contribution in [0.5, 0.6) is 0 Å². The van der Waals surface area contributed by atoms with Crippen LogP contribution in [0, 0.1) is 10.1 Å². The summed E-state index contributed by atoms with van der Waals surface area (Å²) in [5, 5.41) is 11.0. The number of hydrazine groups is 1. The minimum Gasteiger partial charge on any atom is -0.318 e. The molecule has 0 aromatic heterocycles. The van der Waals surface area contributed by atoms with E-state index in [0.29, 0.717) is 5.75 Å². The number of sulfonamides is 1. The highest BCUT2D eigenvalue weighted by Crippen LogP contribution is 2.31. The summed E-state index contributed by atoms with van der Waals surface area (Å²) in [6.45, 7) is 1.64. The molecule has 0 heterocycles. The molecule has 1 aromatic rings. The zero-order valence-electron chi connectivity index (χ0n) is 11.2. The number of hydrogen-bond acceptors (Lipinski definition) is 7. The summed E-state index contributed by atoms with van der Waals surface area (Å²) in [5.74, 6) is 5.70. The lowest BCUT2D eigenvalue weighted by molar-refractivity contribution is -0.386. The lowest BCUT2D eigenvalue weighted by atomic mass is 10.3. The third-order valence-corrected chi connectivity index (χ3v) is 5.37. The molecule has 21 heavy (non-hydrogen) atoms. The van der Waals surface area contributed by atoms with Crippen LogP contribution >= 0.6 is 0 Å². The molecule has 1 rings (SSSR count). The van der Waals surface area contributed by atoms with E-state index in [9.17, 15) is 22.7 Å². The van der Waals surface area contributed by atoms with Gasteiger partial charge in [-0.15, -0.1) is 0 Å². The van der Waals surface area contributed by atoms with Gasteiger partial charge >= 0.3 is 5.69 Å². The zero-order valence-corrected chi connectivity index (χ0v) is 12.9. The van der Waals surface area contributed by atoms with E-state index in [1.807, 2.05) is 0 Å². The number of hydrogen-bond donors (Lipinski definition) is 3. The van der Waals surface area contributed by atoms with E-state index in [0.717, 1.165) is 6.07 Å². The van der Waals surface area contributed by atoms with E-state index in [2.05, 4.69) is 10.1 Å². The van der Waals surface area contributed by atoms with E-state index < -0.39 is 36.3 Å². The normalized spacial score (nSPS) is 12.9. The van der Waals surface area contributed by atoms with Crippen molar-refractivity contribution < 1.29 is 17.6 Å². The highest BCUT2D eigenvalue weighted by atomic mass is 32.2. The van der Waals surface area contributed by atoms with Gasteiger partial charge in [0.1, 0.15) is 5.69 Å². The fourth-order valence-electron chi connectivity index (χ4n) is 1.56. The van der Waals surface area contributed by atoms with Gasteiger partial charge in [0.15, 0.2) is 4.90 Å². The van der Waals surface area contributed by atoms with Gasteiger partial charge in [0.2, 0.25) is 10.0 Å². The minimum absolute atomic E-state index is 0.0692. The van der Waals surface area contributed by atoms with Crippen molar-refractivity contribution in [2.45, 2.75) is 11.8 Å². The number of anilines is 1. The summed E-state index contributed by atoms with van der Waals surface area (Å²) < 4.78 is 37.7. The largest absolute Gasteiger partial charge is 0.318 e. The first-order valence-electron chi connectivity index (χ1n) is 5.92. The van der Waals surface area contributed by atoms with Crippen LogP contribution in [0.15, 0.2) is 23.1 Å². The van der Waals surface area contributed by atoms with E-state index in [4.69, 9.17) is 5.84 Å².